The molecule has 1 aliphatic heterocycles. The van der Waals surface area contributed by atoms with Crippen molar-refractivity contribution in [3.8, 4) is 0 Å². The molecule has 0 bridgehead atoms. The normalized spacial score (nSPS) is 17.1. The third kappa shape index (κ3) is 4.68. The molecular weight excluding hydrogens is 433 g/mol. The van der Waals surface area contributed by atoms with E-state index in [-0.39, 0.29) is 17.2 Å². The maximum absolute atomic E-state index is 13.6. The summed E-state index contributed by atoms with van der Waals surface area (Å²) in [6, 6.07) is 2.98. The van der Waals surface area contributed by atoms with Crippen molar-refractivity contribution in [1.82, 2.24) is 10.3 Å². The van der Waals surface area contributed by atoms with Crippen LogP contribution >= 0.6 is 22.9 Å². The van der Waals surface area contributed by atoms with Crippen LogP contribution in [0, 0.1) is 5.82 Å². The topological polar surface area (TPSA) is 89.9 Å². The number of allylic oxidation sites excluding steroid dienone is 1. The number of ether oxygens (including phenoxy) is 2. The van der Waals surface area contributed by atoms with Crippen molar-refractivity contribution in [3.05, 3.63) is 62.5 Å². The predicted octanol–water partition coefficient (Wildman–Crippen LogP) is 3.80. The summed E-state index contributed by atoms with van der Waals surface area (Å²) in [5.74, 6) is -1.48. The van der Waals surface area contributed by atoms with Gasteiger partial charge < -0.3 is 14.8 Å². The molecule has 0 amide bonds. The molecule has 2 aromatic rings. The molecule has 10 heteroatoms. The molecule has 7 nitrogen and oxygen atoms in total. The number of aliphatic imine (C=N–C) groups is 1. The number of nitrogens with zero attached hydrogens (tertiary/aromatic N) is 2. The van der Waals surface area contributed by atoms with Crippen molar-refractivity contribution in [2.75, 3.05) is 6.61 Å². The van der Waals surface area contributed by atoms with Crippen LogP contribution < -0.4 is 5.32 Å². The van der Waals surface area contributed by atoms with Gasteiger partial charge in [-0.1, -0.05) is 17.7 Å². The van der Waals surface area contributed by atoms with Gasteiger partial charge in [-0.3, -0.25) is 4.99 Å². The van der Waals surface area contributed by atoms with Crippen LogP contribution in [0.1, 0.15) is 37.4 Å². The molecule has 0 spiro atoms. The molecule has 1 aliphatic rings. The Bertz CT molecular complexity index is 1020. The largest absolute Gasteiger partial charge is 0.463 e. The van der Waals surface area contributed by atoms with Crippen molar-refractivity contribution >= 4 is 40.7 Å². The first-order valence-electron chi connectivity index (χ1n) is 9.09. The molecule has 0 saturated heterocycles. The first-order valence-corrected chi connectivity index (χ1v) is 10.4. The van der Waals surface area contributed by atoms with Gasteiger partial charge in [0.15, 0.2) is 16.9 Å². The van der Waals surface area contributed by atoms with E-state index in [0.717, 1.165) is 6.07 Å². The molecule has 2 heterocycles. The van der Waals surface area contributed by atoms with E-state index in [0.29, 0.717) is 22.1 Å². The number of amidine groups is 1. The van der Waals surface area contributed by atoms with Gasteiger partial charge in [0.2, 0.25) is 0 Å². The molecule has 0 aliphatic carbocycles. The van der Waals surface area contributed by atoms with E-state index in [9.17, 15) is 14.0 Å². The van der Waals surface area contributed by atoms with Crippen LogP contribution in [0.3, 0.4) is 0 Å². The van der Waals surface area contributed by atoms with Crippen molar-refractivity contribution < 1.29 is 23.5 Å². The maximum atomic E-state index is 13.6. The first kappa shape index (κ1) is 21.9. The van der Waals surface area contributed by atoms with E-state index in [1.807, 2.05) is 0 Å². The van der Waals surface area contributed by atoms with Crippen LogP contribution in [0.4, 0.5) is 4.39 Å². The Balaban J connectivity index is 2.00. The fraction of sp³-hybridized carbons (Fsp3) is 0.300. The third-order valence-corrected chi connectivity index (χ3v) is 5.36. The number of carbonyl (C=O) groups excluding carboxylic acids is 2. The van der Waals surface area contributed by atoms with Crippen molar-refractivity contribution in [3.63, 3.8) is 0 Å². The standard InChI is InChI=1S/C20H19ClFN3O4S/c1-4-28-19(26)11(3)29-20(27)15-10(2)24-17(18-23-7-8-30-18)25-16(15)13-6-5-12(22)9-14(13)21/h5-9,11,16H,4H2,1-3H3,(H,24,25). The van der Waals surface area contributed by atoms with Gasteiger partial charge >= 0.3 is 11.9 Å². The second-order valence-corrected chi connectivity index (χ2v) is 7.65. The summed E-state index contributed by atoms with van der Waals surface area (Å²) >= 11 is 7.63. The van der Waals surface area contributed by atoms with E-state index in [4.69, 9.17) is 21.1 Å². The summed E-state index contributed by atoms with van der Waals surface area (Å²) in [6.45, 7) is 4.93. The molecule has 2 unspecified atom stereocenters. The maximum Gasteiger partial charge on any atom is 0.347 e. The zero-order valence-electron chi connectivity index (χ0n) is 16.4. The Morgan fingerprint density at radius 1 is 1.40 bits per heavy atom. The van der Waals surface area contributed by atoms with Crippen molar-refractivity contribution in [1.29, 1.82) is 0 Å². The number of halogens is 2. The molecule has 1 aromatic heterocycles. The van der Waals surface area contributed by atoms with Gasteiger partial charge in [0, 0.05) is 27.9 Å². The van der Waals surface area contributed by atoms with Crippen LogP contribution in [0.5, 0.6) is 0 Å². The highest BCUT2D eigenvalue weighted by molar-refractivity contribution is 7.11. The minimum atomic E-state index is -1.11. The summed E-state index contributed by atoms with van der Waals surface area (Å²) in [6.07, 6.45) is 0.528. The molecule has 30 heavy (non-hydrogen) atoms. The SMILES string of the molecule is CCOC(=O)C(C)OC(=O)C1=C(C)NC(c2nccs2)=NC1c1ccc(F)cc1Cl. The number of hydrogen-bond donors (Lipinski definition) is 1. The summed E-state index contributed by atoms with van der Waals surface area (Å²) < 4.78 is 23.8. The molecule has 0 radical (unpaired) electrons. The van der Waals surface area contributed by atoms with E-state index in [1.54, 1.807) is 25.4 Å². The highest BCUT2D eigenvalue weighted by Crippen LogP contribution is 2.36. The minimum absolute atomic E-state index is 0.112. The summed E-state index contributed by atoms with van der Waals surface area (Å²) in [4.78, 5) is 33.7. The van der Waals surface area contributed by atoms with Gasteiger partial charge in [0.05, 0.1) is 12.2 Å². The van der Waals surface area contributed by atoms with E-state index >= 15 is 0 Å². The molecule has 3 rings (SSSR count). The van der Waals surface area contributed by atoms with E-state index < -0.39 is 29.9 Å². The number of rotatable bonds is 6. The van der Waals surface area contributed by atoms with Gasteiger partial charge in [-0.2, -0.15) is 0 Å². The molecule has 0 fully saturated rings. The van der Waals surface area contributed by atoms with Crippen LogP contribution in [0.25, 0.3) is 0 Å². The summed E-state index contributed by atoms with van der Waals surface area (Å²) in [7, 11) is 0. The Kier molecular flexibility index (Phi) is 6.84. The first-order chi connectivity index (χ1) is 14.3. The van der Waals surface area contributed by atoms with Gasteiger partial charge in [-0.25, -0.2) is 19.0 Å². The lowest BCUT2D eigenvalue weighted by molar-refractivity contribution is -0.164. The van der Waals surface area contributed by atoms with Gasteiger partial charge in [-0.05, 0) is 32.9 Å². The second kappa shape index (κ2) is 9.36. The zero-order chi connectivity index (χ0) is 21.8. The number of thiazole rings is 1. The molecule has 0 saturated carbocycles. The fourth-order valence-corrected chi connectivity index (χ4v) is 3.73. The van der Waals surface area contributed by atoms with Crippen LogP contribution in [0.2, 0.25) is 5.02 Å². The van der Waals surface area contributed by atoms with Crippen molar-refractivity contribution in [2.45, 2.75) is 32.9 Å². The fourth-order valence-electron chi connectivity index (χ4n) is 2.87. The quantitative estimate of drug-likeness (QED) is 0.672. The Hall–Kier alpha value is -2.78. The smallest absolute Gasteiger partial charge is 0.347 e. The molecular formula is C20H19ClFN3O4S. The Morgan fingerprint density at radius 2 is 2.17 bits per heavy atom. The highest BCUT2D eigenvalue weighted by atomic mass is 35.5. The third-order valence-electron chi connectivity index (χ3n) is 4.26. The lowest BCUT2D eigenvalue weighted by Gasteiger charge is -2.26. The average molecular weight is 452 g/mol. The number of esters is 2. The second-order valence-electron chi connectivity index (χ2n) is 6.35. The summed E-state index contributed by atoms with van der Waals surface area (Å²) in [5.41, 5.74) is 1.03. The number of hydrogen-bond acceptors (Lipinski definition) is 8. The number of benzene rings is 1. The van der Waals surface area contributed by atoms with Gasteiger partial charge in [0.25, 0.3) is 0 Å². The molecule has 1 N–H and O–H groups in total. The Morgan fingerprint density at radius 3 is 2.80 bits per heavy atom. The molecule has 158 valence electrons. The number of nitrogens with one attached hydrogen (secondary N) is 1. The number of carbonyl (C=O) groups is 2. The lowest BCUT2D eigenvalue weighted by atomic mass is 9.96. The predicted molar refractivity (Wildman–Crippen MR) is 111 cm³/mol. The monoisotopic (exact) mass is 451 g/mol. The number of aromatic nitrogens is 1. The van der Waals surface area contributed by atoms with Crippen molar-refractivity contribution in [2.24, 2.45) is 4.99 Å². The van der Waals surface area contributed by atoms with Gasteiger partial charge in [0.1, 0.15) is 11.9 Å². The van der Waals surface area contributed by atoms with Crippen LogP contribution in [-0.4, -0.2) is 35.5 Å². The van der Waals surface area contributed by atoms with Crippen LogP contribution in [-0.2, 0) is 19.1 Å². The lowest BCUT2D eigenvalue weighted by Crippen LogP contribution is -2.35. The molecule has 2 atom stereocenters. The van der Waals surface area contributed by atoms with E-state index in [1.165, 1.54) is 30.4 Å². The summed E-state index contributed by atoms with van der Waals surface area (Å²) in [5, 5.41) is 5.57. The average Bonchev–Trinajstić information content (AvgIpc) is 3.22. The molecule has 1 aromatic carbocycles. The van der Waals surface area contributed by atoms with Crippen LogP contribution in [0.15, 0.2) is 46.0 Å². The Labute approximate surface area is 181 Å². The minimum Gasteiger partial charge on any atom is -0.463 e. The highest BCUT2D eigenvalue weighted by Gasteiger charge is 2.34. The van der Waals surface area contributed by atoms with Gasteiger partial charge in [-0.15, -0.1) is 11.3 Å². The zero-order valence-corrected chi connectivity index (χ0v) is 18.0. The van der Waals surface area contributed by atoms with E-state index in [2.05, 4.69) is 15.3 Å².